The molecule has 3 aromatic rings. The van der Waals surface area contributed by atoms with Crippen LogP contribution in [0.25, 0.3) is 0 Å². The number of carbonyl (C=O) groups excluding carboxylic acids is 3. The number of hydrogen-bond acceptors (Lipinski definition) is 8. The maximum Gasteiger partial charge on any atom is 0.417 e. The molecule has 1 fully saturated rings. The fraction of sp³-hybridized carbons (Fsp3) is 0.387. The predicted molar refractivity (Wildman–Crippen MR) is 153 cm³/mol. The van der Waals surface area contributed by atoms with E-state index >= 15 is 0 Å². The number of cyclic esters (lactones) is 1. The summed E-state index contributed by atoms with van der Waals surface area (Å²) in [6.45, 7) is 3.67. The van der Waals surface area contributed by atoms with Crippen molar-refractivity contribution in [1.29, 1.82) is 0 Å². The fourth-order valence-electron chi connectivity index (χ4n) is 4.97. The van der Waals surface area contributed by atoms with Crippen LogP contribution in [0.15, 0.2) is 75.6 Å². The molecule has 0 spiro atoms. The van der Waals surface area contributed by atoms with Crippen LogP contribution in [0.4, 0.5) is 4.79 Å². The van der Waals surface area contributed by atoms with E-state index in [1.165, 1.54) is 6.92 Å². The van der Waals surface area contributed by atoms with Crippen LogP contribution < -0.4 is 0 Å². The number of aryl methyl sites for hydroxylation is 1. The van der Waals surface area contributed by atoms with E-state index in [1.54, 1.807) is 13.0 Å². The third-order valence-electron chi connectivity index (χ3n) is 6.89. The molecule has 4 rings (SSSR count). The second-order valence-corrected chi connectivity index (χ2v) is 10.7. The highest BCUT2D eigenvalue weighted by atomic mass is 79.9. The smallest absolute Gasteiger partial charge is 0.417 e. The first kappa shape index (κ1) is 30.5. The van der Waals surface area contributed by atoms with Crippen molar-refractivity contribution in [3.8, 4) is 0 Å². The number of amides is 2. The van der Waals surface area contributed by atoms with Crippen LogP contribution in [0.5, 0.6) is 0 Å². The van der Waals surface area contributed by atoms with Crippen molar-refractivity contribution in [3.05, 3.63) is 93.9 Å². The molecule has 0 bridgehead atoms. The molecule has 0 saturated carbocycles. The van der Waals surface area contributed by atoms with Crippen LogP contribution in [0.3, 0.4) is 0 Å². The monoisotopic (exact) mass is 627 g/mol. The lowest BCUT2D eigenvalue weighted by Gasteiger charge is -2.29. The largest absolute Gasteiger partial charge is 0.461 e. The zero-order valence-electron chi connectivity index (χ0n) is 23.0. The van der Waals surface area contributed by atoms with Gasteiger partial charge in [-0.25, -0.2) is 9.69 Å². The lowest BCUT2D eigenvalue weighted by atomic mass is 9.90. The minimum absolute atomic E-state index is 0.0508. The van der Waals surface area contributed by atoms with Gasteiger partial charge in [0.1, 0.15) is 17.6 Å². The average molecular weight is 629 g/mol. The molecule has 1 aliphatic rings. The normalized spacial score (nSPS) is 18.1. The van der Waals surface area contributed by atoms with Crippen LogP contribution in [-0.4, -0.2) is 53.8 Å². The Hall–Kier alpha value is -3.47. The van der Waals surface area contributed by atoms with E-state index in [4.69, 9.17) is 23.7 Å². The number of nitrogens with zero attached hydrogens (tertiary/aromatic N) is 1. The van der Waals surface area contributed by atoms with Gasteiger partial charge in [-0.1, -0.05) is 60.7 Å². The number of rotatable bonds is 13. The van der Waals surface area contributed by atoms with Crippen molar-refractivity contribution in [2.45, 2.75) is 51.4 Å². The molecule has 10 heteroatoms. The van der Waals surface area contributed by atoms with Gasteiger partial charge in [0.05, 0.1) is 29.6 Å². The Labute approximate surface area is 247 Å². The number of benzene rings is 2. The van der Waals surface area contributed by atoms with E-state index in [-0.39, 0.29) is 25.4 Å². The fourth-order valence-corrected chi connectivity index (χ4v) is 5.48. The van der Waals surface area contributed by atoms with Gasteiger partial charge < -0.3 is 23.7 Å². The standard InChI is InChI=1S/C31H34BrNO8/c1-20-28(23-12-7-4-8-13-23)41-31(37)33(20)30(36)24(18-22-10-5-3-6-11-22)29(39-21(2)35)27-19-25(32)26(40-27)14-9-16-38-17-15-34/h3-8,10-13,19-20,24,28-29,34H,9,14-18H2,1-2H3/t20-,24-,28-,29-/m1/s1. The first-order valence-corrected chi connectivity index (χ1v) is 14.4. The summed E-state index contributed by atoms with van der Waals surface area (Å²) in [5, 5.41) is 8.90. The Morgan fingerprint density at radius 3 is 2.41 bits per heavy atom. The molecular weight excluding hydrogens is 594 g/mol. The van der Waals surface area contributed by atoms with Crippen molar-refractivity contribution in [2.24, 2.45) is 5.92 Å². The molecule has 4 atom stereocenters. The third-order valence-corrected chi connectivity index (χ3v) is 7.57. The summed E-state index contributed by atoms with van der Waals surface area (Å²) < 4.78 is 23.6. The predicted octanol–water partition coefficient (Wildman–Crippen LogP) is 5.56. The van der Waals surface area contributed by atoms with E-state index in [2.05, 4.69) is 15.9 Å². The number of carbonyl (C=O) groups is 3. The number of furan rings is 1. The average Bonchev–Trinajstić information content (AvgIpc) is 3.48. The lowest BCUT2D eigenvalue weighted by Crippen LogP contribution is -2.44. The molecule has 1 N–H and O–H groups in total. The molecule has 0 unspecified atom stereocenters. The lowest BCUT2D eigenvalue weighted by molar-refractivity contribution is -0.155. The summed E-state index contributed by atoms with van der Waals surface area (Å²) in [5.74, 6) is -1.21. The Kier molecular flexibility index (Phi) is 10.7. The van der Waals surface area contributed by atoms with Crippen LogP contribution in [-0.2, 0) is 36.6 Å². The highest BCUT2D eigenvalue weighted by Crippen LogP contribution is 2.39. The Bertz CT molecular complexity index is 1310. The molecular formula is C31H34BrNO8. The second kappa shape index (κ2) is 14.4. The molecule has 2 heterocycles. The topological polar surface area (TPSA) is 116 Å². The number of aliphatic hydroxyl groups excluding tert-OH is 1. The van der Waals surface area contributed by atoms with Crippen LogP contribution in [0, 0.1) is 5.92 Å². The second-order valence-electron chi connectivity index (χ2n) is 9.85. The van der Waals surface area contributed by atoms with Crippen LogP contribution in [0.1, 0.15) is 55.1 Å². The van der Waals surface area contributed by atoms with Crippen molar-refractivity contribution < 1.29 is 38.1 Å². The van der Waals surface area contributed by atoms with E-state index in [0.717, 1.165) is 16.0 Å². The van der Waals surface area contributed by atoms with Crippen molar-refractivity contribution in [2.75, 3.05) is 19.8 Å². The highest BCUT2D eigenvalue weighted by Gasteiger charge is 2.48. The van der Waals surface area contributed by atoms with E-state index < -0.39 is 42.1 Å². The van der Waals surface area contributed by atoms with Crippen LogP contribution in [0.2, 0.25) is 0 Å². The molecule has 9 nitrogen and oxygen atoms in total. The number of imide groups is 1. The molecule has 0 radical (unpaired) electrons. The summed E-state index contributed by atoms with van der Waals surface area (Å²) in [6, 6.07) is 19.7. The number of hydrogen-bond donors (Lipinski definition) is 1. The van der Waals surface area contributed by atoms with Gasteiger partial charge in [-0.05, 0) is 52.9 Å². The molecule has 41 heavy (non-hydrogen) atoms. The number of aliphatic hydroxyl groups is 1. The molecule has 218 valence electrons. The minimum atomic E-state index is -1.10. The third kappa shape index (κ3) is 7.63. The molecule has 1 saturated heterocycles. The van der Waals surface area contributed by atoms with E-state index in [9.17, 15) is 14.4 Å². The first-order chi connectivity index (χ1) is 19.8. The minimum Gasteiger partial charge on any atom is -0.461 e. The summed E-state index contributed by atoms with van der Waals surface area (Å²) >= 11 is 3.52. The Morgan fingerprint density at radius 1 is 1.07 bits per heavy atom. The number of halogens is 1. The summed E-state index contributed by atoms with van der Waals surface area (Å²) in [4.78, 5) is 40.8. The van der Waals surface area contributed by atoms with Gasteiger partial charge in [-0.3, -0.25) is 9.59 Å². The van der Waals surface area contributed by atoms with Gasteiger partial charge in [-0.2, -0.15) is 0 Å². The first-order valence-electron chi connectivity index (χ1n) is 13.6. The van der Waals surface area contributed by atoms with Gasteiger partial charge >= 0.3 is 12.1 Å². The number of ether oxygens (including phenoxy) is 3. The van der Waals surface area contributed by atoms with Crippen molar-refractivity contribution >= 4 is 33.9 Å². The van der Waals surface area contributed by atoms with E-state index in [1.807, 2.05) is 60.7 Å². The summed E-state index contributed by atoms with van der Waals surface area (Å²) in [5.41, 5.74) is 1.61. The molecule has 2 aromatic carbocycles. The molecule has 1 aliphatic heterocycles. The summed E-state index contributed by atoms with van der Waals surface area (Å²) in [6.07, 6.45) is -1.15. The summed E-state index contributed by atoms with van der Waals surface area (Å²) in [7, 11) is 0. The van der Waals surface area contributed by atoms with Gasteiger partial charge in [-0.15, -0.1) is 0 Å². The maximum atomic E-state index is 14.3. The highest BCUT2D eigenvalue weighted by molar-refractivity contribution is 9.10. The number of esters is 1. The van der Waals surface area contributed by atoms with Crippen LogP contribution >= 0.6 is 15.9 Å². The van der Waals surface area contributed by atoms with E-state index in [0.29, 0.717) is 29.7 Å². The Balaban J connectivity index is 1.66. The van der Waals surface area contributed by atoms with Gasteiger partial charge in [0.15, 0.2) is 6.10 Å². The Morgan fingerprint density at radius 2 is 1.76 bits per heavy atom. The van der Waals surface area contributed by atoms with Crippen molar-refractivity contribution in [3.63, 3.8) is 0 Å². The quantitative estimate of drug-likeness (QED) is 0.194. The van der Waals surface area contributed by atoms with Crippen molar-refractivity contribution in [1.82, 2.24) is 4.90 Å². The molecule has 2 amide bonds. The van der Waals surface area contributed by atoms with Gasteiger partial charge in [0.25, 0.3) is 0 Å². The zero-order chi connectivity index (χ0) is 29.4. The molecule has 0 aliphatic carbocycles. The van der Waals surface area contributed by atoms with Gasteiger partial charge in [0.2, 0.25) is 5.91 Å². The SMILES string of the molecule is CC(=O)O[C@@H](c1cc(Br)c(CCCOCCO)o1)[C@@H](Cc1ccccc1)C(=O)N1C(=O)O[C@@H](c2ccccc2)[C@H]1C. The molecule has 1 aromatic heterocycles. The zero-order valence-corrected chi connectivity index (χ0v) is 24.6. The van der Waals surface area contributed by atoms with Gasteiger partial charge in [0, 0.05) is 20.0 Å². The maximum absolute atomic E-state index is 14.3.